The fourth-order valence-corrected chi connectivity index (χ4v) is 2.35. The molecule has 0 radical (unpaired) electrons. The van der Waals surface area contributed by atoms with Crippen LogP contribution in [0.3, 0.4) is 0 Å². The fourth-order valence-electron chi connectivity index (χ4n) is 2.35. The average Bonchev–Trinajstić information content (AvgIpc) is 2.45. The minimum Gasteiger partial charge on any atom is -0.343 e. The van der Waals surface area contributed by atoms with E-state index >= 15 is 0 Å². The second-order valence-corrected chi connectivity index (χ2v) is 5.01. The molecule has 0 unspecified atom stereocenters. The quantitative estimate of drug-likeness (QED) is 0.745. The monoisotopic (exact) mass is 269 g/mol. The highest BCUT2D eigenvalue weighted by molar-refractivity contribution is 5.83. The SMILES string of the molecule is CCCN(CCC)C(=O)CCC(=O)N1CCNCC1. The Morgan fingerprint density at radius 1 is 1.05 bits per heavy atom. The Morgan fingerprint density at radius 3 is 2.16 bits per heavy atom. The van der Waals surface area contributed by atoms with E-state index in [1.54, 1.807) is 0 Å². The third-order valence-electron chi connectivity index (χ3n) is 3.36. The van der Waals surface area contributed by atoms with Gasteiger partial charge in [-0.25, -0.2) is 0 Å². The minimum atomic E-state index is 0.114. The Morgan fingerprint density at radius 2 is 1.63 bits per heavy atom. The maximum atomic E-state index is 12.1. The fraction of sp³-hybridized carbons (Fsp3) is 0.857. The first-order valence-corrected chi connectivity index (χ1v) is 7.45. The van der Waals surface area contributed by atoms with Gasteiger partial charge in [-0.15, -0.1) is 0 Å². The molecule has 0 saturated carbocycles. The topological polar surface area (TPSA) is 52.7 Å². The number of piperazine rings is 1. The van der Waals surface area contributed by atoms with Crippen LogP contribution >= 0.6 is 0 Å². The Hall–Kier alpha value is -1.10. The summed E-state index contributed by atoms with van der Waals surface area (Å²) in [5.41, 5.74) is 0. The van der Waals surface area contributed by atoms with Crippen molar-refractivity contribution in [3.05, 3.63) is 0 Å². The van der Waals surface area contributed by atoms with E-state index < -0.39 is 0 Å². The number of nitrogens with zero attached hydrogens (tertiary/aromatic N) is 2. The summed E-state index contributed by atoms with van der Waals surface area (Å²) in [6, 6.07) is 0. The van der Waals surface area contributed by atoms with Crippen LogP contribution in [0.4, 0.5) is 0 Å². The zero-order chi connectivity index (χ0) is 14.1. The van der Waals surface area contributed by atoms with Gasteiger partial charge in [0.05, 0.1) is 0 Å². The van der Waals surface area contributed by atoms with Crippen molar-refractivity contribution in [3.8, 4) is 0 Å². The number of rotatable bonds is 7. The van der Waals surface area contributed by atoms with Crippen molar-refractivity contribution in [2.24, 2.45) is 0 Å². The van der Waals surface area contributed by atoms with Crippen LogP contribution in [0.25, 0.3) is 0 Å². The summed E-state index contributed by atoms with van der Waals surface area (Å²) in [5, 5.41) is 3.22. The first-order chi connectivity index (χ1) is 9.19. The van der Waals surface area contributed by atoms with Crippen LogP contribution in [0.15, 0.2) is 0 Å². The second kappa shape index (κ2) is 8.91. The summed E-state index contributed by atoms with van der Waals surface area (Å²) >= 11 is 0. The van der Waals surface area contributed by atoms with Crippen molar-refractivity contribution in [1.29, 1.82) is 0 Å². The highest BCUT2D eigenvalue weighted by Gasteiger charge is 2.18. The molecule has 1 heterocycles. The second-order valence-electron chi connectivity index (χ2n) is 5.01. The van der Waals surface area contributed by atoms with Crippen LogP contribution in [-0.4, -0.2) is 60.9 Å². The van der Waals surface area contributed by atoms with Crippen molar-refractivity contribution in [2.45, 2.75) is 39.5 Å². The van der Waals surface area contributed by atoms with Gasteiger partial charge in [-0.05, 0) is 12.8 Å². The summed E-state index contributed by atoms with van der Waals surface area (Å²) in [4.78, 5) is 27.8. The van der Waals surface area contributed by atoms with E-state index in [1.165, 1.54) is 0 Å². The normalized spacial score (nSPS) is 15.4. The van der Waals surface area contributed by atoms with Gasteiger partial charge in [-0.3, -0.25) is 9.59 Å². The molecule has 0 aliphatic carbocycles. The Kier molecular flexibility index (Phi) is 7.48. The Labute approximate surface area is 116 Å². The molecule has 110 valence electrons. The number of hydrogen-bond donors (Lipinski definition) is 1. The molecule has 0 atom stereocenters. The van der Waals surface area contributed by atoms with Crippen molar-refractivity contribution in [2.75, 3.05) is 39.3 Å². The third-order valence-corrected chi connectivity index (χ3v) is 3.36. The predicted octanol–water partition coefficient (Wildman–Crippen LogP) is 0.847. The first-order valence-electron chi connectivity index (χ1n) is 7.45. The van der Waals surface area contributed by atoms with Gasteiger partial charge in [-0.1, -0.05) is 13.8 Å². The van der Waals surface area contributed by atoms with Crippen LogP contribution in [0.5, 0.6) is 0 Å². The third kappa shape index (κ3) is 5.59. The highest BCUT2D eigenvalue weighted by Crippen LogP contribution is 2.04. The molecule has 5 nitrogen and oxygen atoms in total. The largest absolute Gasteiger partial charge is 0.343 e. The lowest BCUT2D eigenvalue weighted by atomic mass is 10.2. The molecule has 2 amide bonds. The van der Waals surface area contributed by atoms with Gasteiger partial charge in [0.15, 0.2) is 0 Å². The van der Waals surface area contributed by atoms with E-state index in [0.717, 1.165) is 52.1 Å². The van der Waals surface area contributed by atoms with E-state index in [-0.39, 0.29) is 11.8 Å². The number of hydrogen-bond acceptors (Lipinski definition) is 3. The molecule has 1 saturated heterocycles. The molecule has 1 aliphatic rings. The van der Waals surface area contributed by atoms with Gasteiger partial charge in [0.25, 0.3) is 0 Å². The molecule has 1 N–H and O–H groups in total. The lowest BCUT2D eigenvalue weighted by Gasteiger charge is -2.28. The number of carbonyl (C=O) groups is 2. The molecule has 0 aromatic heterocycles. The van der Waals surface area contributed by atoms with Crippen molar-refractivity contribution >= 4 is 11.8 Å². The Bertz CT molecular complexity index is 282. The predicted molar refractivity (Wildman–Crippen MR) is 75.8 cm³/mol. The van der Waals surface area contributed by atoms with E-state index in [4.69, 9.17) is 0 Å². The average molecular weight is 269 g/mol. The molecule has 1 aliphatic heterocycles. The maximum absolute atomic E-state index is 12.1. The maximum Gasteiger partial charge on any atom is 0.223 e. The molecule has 0 aromatic rings. The van der Waals surface area contributed by atoms with Gasteiger partial charge in [-0.2, -0.15) is 0 Å². The van der Waals surface area contributed by atoms with Gasteiger partial charge in [0.2, 0.25) is 11.8 Å². The summed E-state index contributed by atoms with van der Waals surface area (Å²) < 4.78 is 0. The van der Waals surface area contributed by atoms with Crippen LogP contribution in [0.1, 0.15) is 39.5 Å². The van der Waals surface area contributed by atoms with Crippen molar-refractivity contribution < 1.29 is 9.59 Å². The van der Waals surface area contributed by atoms with Crippen molar-refractivity contribution in [3.63, 3.8) is 0 Å². The van der Waals surface area contributed by atoms with Gasteiger partial charge in [0.1, 0.15) is 0 Å². The zero-order valence-electron chi connectivity index (χ0n) is 12.3. The molecule has 0 spiro atoms. The summed E-state index contributed by atoms with van der Waals surface area (Å²) in [5.74, 6) is 0.231. The summed E-state index contributed by atoms with van der Waals surface area (Å²) in [6.45, 7) is 8.99. The smallest absolute Gasteiger partial charge is 0.223 e. The van der Waals surface area contributed by atoms with Crippen LogP contribution in [0.2, 0.25) is 0 Å². The van der Waals surface area contributed by atoms with E-state index in [0.29, 0.717) is 12.8 Å². The molecular formula is C14H27N3O2. The number of carbonyl (C=O) groups excluding carboxylic acids is 2. The summed E-state index contributed by atoms with van der Waals surface area (Å²) in [6.07, 6.45) is 2.64. The zero-order valence-corrected chi connectivity index (χ0v) is 12.3. The van der Waals surface area contributed by atoms with E-state index in [1.807, 2.05) is 9.80 Å². The van der Waals surface area contributed by atoms with Gasteiger partial charge < -0.3 is 15.1 Å². The van der Waals surface area contributed by atoms with Crippen LogP contribution < -0.4 is 5.32 Å². The molecule has 0 aromatic carbocycles. The summed E-state index contributed by atoms with van der Waals surface area (Å²) in [7, 11) is 0. The van der Waals surface area contributed by atoms with E-state index in [9.17, 15) is 9.59 Å². The molecule has 1 fully saturated rings. The minimum absolute atomic E-state index is 0.114. The lowest BCUT2D eigenvalue weighted by Crippen LogP contribution is -2.46. The van der Waals surface area contributed by atoms with Crippen molar-refractivity contribution in [1.82, 2.24) is 15.1 Å². The first kappa shape index (κ1) is 16.0. The Balaban J connectivity index is 2.32. The molecule has 19 heavy (non-hydrogen) atoms. The molecule has 5 heteroatoms. The highest BCUT2D eigenvalue weighted by atomic mass is 16.2. The standard InChI is InChI=1S/C14H27N3O2/c1-3-9-16(10-4-2)13(18)5-6-14(19)17-11-7-15-8-12-17/h15H,3-12H2,1-2H3. The molecule has 0 bridgehead atoms. The molecular weight excluding hydrogens is 242 g/mol. The van der Waals surface area contributed by atoms with E-state index in [2.05, 4.69) is 19.2 Å². The number of amides is 2. The van der Waals surface area contributed by atoms with Crippen LogP contribution in [-0.2, 0) is 9.59 Å². The lowest BCUT2D eigenvalue weighted by molar-refractivity contribution is -0.137. The van der Waals surface area contributed by atoms with Crippen LogP contribution in [0, 0.1) is 0 Å². The van der Waals surface area contributed by atoms with Gasteiger partial charge >= 0.3 is 0 Å². The number of nitrogens with one attached hydrogen (secondary N) is 1. The molecule has 1 rings (SSSR count). The van der Waals surface area contributed by atoms with Gasteiger partial charge in [0, 0.05) is 52.1 Å².